The van der Waals surface area contributed by atoms with Gasteiger partial charge in [0, 0.05) is 40.2 Å². The first-order valence-electron chi connectivity index (χ1n) is 14.6. The Balaban J connectivity index is 2.04. The molecule has 1 spiro atoms. The lowest BCUT2D eigenvalue weighted by molar-refractivity contribution is -0.363. The normalized spacial score (nSPS) is 36.4. The zero-order valence-electron chi connectivity index (χ0n) is 26.3. The summed E-state index contributed by atoms with van der Waals surface area (Å²) < 4.78 is 35.4. The van der Waals surface area contributed by atoms with Crippen LogP contribution in [-0.4, -0.2) is 94.0 Å². The predicted molar refractivity (Wildman–Crippen MR) is 154 cm³/mol. The Morgan fingerprint density at radius 2 is 1.47 bits per heavy atom. The number of aliphatic hydroxyl groups excluding tert-OH is 1. The predicted octanol–water partition coefficient (Wildman–Crippen LogP) is 1.65. The average molecular weight is 633 g/mol. The van der Waals surface area contributed by atoms with Gasteiger partial charge in [-0.15, -0.1) is 0 Å². The second kappa shape index (κ2) is 12.2. The van der Waals surface area contributed by atoms with Gasteiger partial charge in [-0.05, 0) is 32.4 Å². The molecule has 13 nitrogen and oxygen atoms in total. The maximum atomic E-state index is 13.5. The van der Waals surface area contributed by atoms with E-state index in [0.29, 0.717) is 5.56 Å². The Labute approximate surface area is 260 Å². The summed E-state index contributed by atoms with van der Waals surface area (Å²) in [4.78, 5) is 63.5. The van der Waals surface area contributed by atoms with Crippen molar-refractivity contribution in [1.29, 1.82) is 0 Å². The first-order valence-corrected chi connectivity index (χ1v) is 14.6. The molecule has 0 amide bonds. The lowest BCUT2D eigenvalue weighted by atomic mass is 9.45. The van der Waals surface area contributed by atoms with Crippen molar-refractivity contribution in [3.63, 3.8) is 0 Å². The fourth-order valence-corrected chi connectivity index (χ4v) is 7.66. The molecule has 1 aromatic rings. The van der Waals surface area contributed by atoms with Gasteiger partial charge in [0.15, 0.2) is 12.2 Å². The molecular weight excluding hydrogens is 592 g/mol. The van der Waals surface area contributed by atoms with Gasteiger partial charge < -0.3 is 38.6 Å². The van der Waals surface area contributed by atoms with Crippen molar-refractivity contribution in [2.75, 3.05) is 6.61 Å². The van der Waals surface area contributed by atoms with Gasteiger partial charge >= 0.3 is 29.8 Å². The lowest BCUT2D eigenvalue weighted by Gasteiger charge is -2.66. The fourth-order valence-electron chi connectivity index (χ4n) is 7.66. The van der Waals surface area contributed by atoms with Gasteiger partial charge in [-0.3, -0.25) is 19.2 Å². The number of hydrogen-bond acceptors (Lipinski definition) is 13. The Kier molecular flexibility index (Phi) is 9.22. The van der Waals surface area contributed by atoms with Crippen molar-refractivity contribution in [3.8, 4) is 0 Å². The fraction of sp³-hybridized carbons (Fsp3) is 0.594. The van der Waals surface area contributed by atoms with Crippen LogP contribution >= 0.6 is 0 Å². The number of carbonyl (C=O) groups excluding carboxylic acids is 5. The largest absolute Gasteiger partial charge is 0.465 e. The smallest absolute Gasteiger partial charge is 0.331 e. The number of esters is 5. The van der Waals surface area contributed by atoms with Crippen molar-refractivity contribution in [2.45, 2.75) is 102 Å². The highest BCUT2D eigenvalue weighted by atomic mass is 16.6. The Bertz CT molecular complexity index is 1370. The van der Waals surface area contributed by atoms with E-state index in [0.717, 1.165) is 33.8 Å². The van der Waals surface area contributed by atoms with Crippen LogP contribution in [0.3, 0.4) is 0 Å². The summed E-state index contributed by atoms with van der Waals surface area (Å²) in [5, 5.41) is 24.5. The Hall–Kier alpha value is -3.81. The van der Waals surface area contributed by atoms with Crippen LogP contribution in [0.1, 0.15) is 60.5 Å². The topological polar surface area (TPSA) is 181 Å². The van der Waals surface area contributed by atoms with E-state index in [9.17, 15) is 34.2 Å². The molecule has 2 bridgehead atoms. The summed E-state index contributed by atoms with van der Waals surface area (Å²) in [6.45, 7) is 8.15. The molecule has 3 aliphatic rings. The molecule has 2 saturated carbocycles. The zero-order valence-corrected chi connectivity index (χ0v) is 26.3. The first kappa shape index (κ1) is 34.1. The van der Waals surface area contributed by atoms with E-state index in [2.05, 4.69) is 0 Å². The van der Waals surface area contributed by atoms with Crippen LogP contribution in [0.2, 0.25) is 0 Å². The minimum Gasteiger partial charge on any atom is -0.465 e. The number of fused-ring (bicyclic) bond motifs is 1. The van der Waals surface area contributed by atoms with E-state index < -0.39 is 102 Å². The summed E-state index contributed by atoms with van der Waals surface area (Å²) in [7, 11) is 0. The third-order valence-corrected chi connectivity index (χ3v) is 8.96. The van der Waals surface area contributed by atoms with E-state index in [-0.39, 0.29) is 0 Å². The monoisotopic (exact) mass is 632 g/mol. The van der Waals surface area contributed by atoms with E-state index in [1.165, 1.54) is 13.0 Å². The number of aliphatic hydroxyl groups is 2. The number of benzene rings is 1. The molecule has 13 heteroatoms. The van der Waals surface area contributed by atoms with Crippen molar-refractivity contribution < 1.29 is 62.6 Å². The molecule has 2 aliphatic carbocycles. The number of carbonyl (C=O) groups is 5. The van der Waals surface area contributed by atoms with Crippen LogP contribution < -0.4 is 0 Å². The van der Waals surface area contributed by atoms with Gasteiger partial charge in [-0.25, -0.2) is 4.79 Å². The highest BCUT2D eigenvalue weighted by Crippen LogP contribution is 2.68. The van der Waals surface area contributed by atoms with Gasteiger partial charge in [-0.1, -0.05) is 30.3 Å². The minimum atomic E-state index is -2.22. The van der Waals surface area contributed by atoms with Crippen LogP contribution in [0.15, 0.2) is 36.4 Å². The molecule has 1 aliphatic heterocycles. The molecule has 45 heavy (non-hydrogen) atoms. The highest BCUT2D eigenvalue weighted by Gasteiger charge is 2.87. The zero-order chi connectivity index (χ0) is 33.5. The van der Waals surface area contributed by atoms with Crippen molar-refractivity contribution in [3.05, 3.63) is 42.0 Å². The highest BCUT2D eigenvalue weighted by molar-refractivity contribution is 5.87. The second-order valence-corrected chi connectivity index (χ2v) is 12.6. The number of hydrogen-bond donors (Lipinski definition) is 2. The molecule has 1 saturated heterocycles. The number of ether oxygens (including phenoxy) is 6. The summed E-state index contributed by atoms with van der Waals surface area (Å²) in [6.07, 6.45) is -5.76. The number of rotatable bonds is 8. The summed E-state index contributed by atoms with van der Waals surface area (Å²) in [6, 6.07) is 8.81. The molecule has 246 valence electrons. The van der Waals surface area contributed by atoms with Crippen molar-refractivity contribution in [2.24, 2.45) is 11.3 Å². The van der Waals surface area contributed by atoms with E-state index in [1.807, 2.05) is 0 Å². The van der Waals surface area contributed by atoms with Crippen LogP contribution in [0, 0.1) is 11.3 Å². The molecule has 0 radical (unpaired) electrons. The van der Waals surface area contributed by atoms with E-state index in [1.54, 1.807) is 44.2 Å². The second-order valence-electron chi connectivity index (χ2n) is 12.6. The first-order chi connectivity index (χ1) is 20.9. The quantitative estimate of drug-likeness (QED) is 0.240. The molecule has 2 N–H and O–H groups in total. The Morgan fingerprint density at radius 1 is 0.867 bits per heavy atom. The minimum absolute atomic E-state index is 0.417. The lowest BCUT2D eigenvalue weighted by Crippen LogP contribution is -2.85. The van der Waals surface area contributed by atoms with Crippen LogP contribution in [0.5, 0.6) is 0 Å². The van der Waals surface area contributed by atoms with Gasteiger partial charge in [0.2, 0.25) is 0 Å². The van der Waals surface area contributed by atoms with Gasteiger partial charge in [-0.2, -0.15) is 0 Å². The maximum absolute atomic E-state index is 13.5. The Morgan fingerprint density at radius 3 is 2.02 bits per heavy atom. The standard InChI is InChI=1S/C32H40O13/c1-17(33)40-16-31-27(44-23(37)14-13-21-11-9-8-10-12-21)22(41-18(2)34)15-30(7,39)32(31)26(38)24(29(5,6)45-32)25(42-19(3)35)28(31)43-20(4)36/h8-14,22,24-28,38-39H,15-16H2,1-7H3/b14-13-/t22-,24+,25-,26+,27-,28+,30-,31-,32-/m0/s1. The summed E-state index contributed by atoms with van der Waals surface area (Å²) in [5.41, 5.74) is -7.23. The maximum Gasteiger partial charge on any atom is 0.331 e. The molecule has 9 atom stereocenters. The van der Waals surface area contributed by atoms with Gasteiger partial charge in [0.1, 0.15) is 29.8 Å². The van der Waals surface area contributed by atoms with Gasteiger partial charge in [0.05, 0.1) is 23.2 Å². The van der Waals surface area contributed by atoms with Crippen LogP contribution in [0.25, 0.3) is 6.08 Å². The van der Waals surface area contributed by atoms with Crippen LogP contribution in [-0.2, 0) is 52.4 Å². The van der Waals surface area contributed by atoms with E-state index >= 15 is 0 Å². The molecule has 4 rings (SSSR count). The van der Waals surface area contributed by atoms with Crippen LogP contribution in [0.4, 0.5) is 0 Å². The molecule has 0 unspecified atom stereocenters. The van der Waals surface area contributed by atoms with Gasteiger partial charge in [0.25, 0.3) is 0 Å². The molecule has 1 heterocycles. The van der Waals surface area contributed by atoms with Crippen molar-refractivity contribution in [1.82, 2.24) is 0 Å². The molecule has 0 aromatic heterocycles. The molecule has 3 fully saturated rings. The SMILES string of the molecule is CC(=O)OC[C@]12[C@H](OC(C)=O)[C@@H](OC(C)=O)[C@@H]3[C@@H](O)[C@]1(OC3(C)C)[C@@](C)(O)C[C@H](OC(C)=O)[C@@H]2OC(=O)/C=C\c1ccccc1. The van der Waals surface area contributed by atoms with Crippen molar-refractivity contribution >= 4 is 35.9 Å². The summed E-state index contributed by atoms with van der Waals surface area (Å²) >= 11 is 0. The summed E-state index contributed by atoms with van der Waals surface area (Å²) in [5.74, 6) is -5.34. The third kappa shape index (κ3) is 5.84. The molecule has 1 aromatic carbocycles. The average Bonchev–Trinajstić information content (AvgIpc) is 3.10. The third-order valence-electron chi connectivity index (χ3n) is 8.96. The molecular formula is C32H40O13. The van der Waals surface area contributed by atoms with E-state index in [4.69, 9.17) is 28.4 Å².